The van der Waals surface area contributed by atoms with Crippen molar-refractivity contribution in [1.29, 1.82) is 0 Å². The second-order valence-electron chi connectivity index (χ2n) is 4.04. The van der Waals surface area contributed by atoms with Gasteiger partial charge >= 0.3 is 11.9 Å². The first-order valence-corrected chi connectivity index (χ1v) is 6.24. The second-order valence-corrected chi connectivity index (χ2v) is 4.04. The maximum atomic E-state index is 11.5. The standard InChI is InChI=1S/C13H11N5O3/c1-2-20-13(19)12-18-17-11(21-12)10-7-9(15-16-10)8-3-5-14-6-4-8/h3-7H,2H2,1H3,(H,15,16). The van der Waals surface area contributed by atoms with Crippen LogP contribution in [0.25, 0.3) is 22.8 Å². The normalized spacial score (nSPS) is 10.5. The summed E-state index contributed by atoms with van der Waals surface area (Å²) in [5.41, 5.74) is 2.13. The summed E-state index contributed by atoms with van der Waals surface area (Å²) in [5.74, 6) is -0.664. The Morgan fingerprint density at radius 2 is 2.14 bits per heavy atom. The van der Waals surface area contributed by atoms with Gasteiger partial charge in [0.05, 0.1) is 12.3 Å². The predicted molar refractivity (Wildman–Crippen MR) is 71.1 cm³/mol. The average molecular weight is 285 g/mol. The first-order chi connectivity index (χ1) is 10.3. The molecule has 0 radical (unpaired) electrons. The average Bonchev–Trinajstić information content (AvgIpc) is 3.17. The van der Waals surface area contributed by atoms with Crippen LogP contribution in [0.3, 0.4) is 0 Å². The first kappa shape index (κ1) is 13.0. The molecule has 0 bridgehead atoms. The molecule has 0 saturated heterocycles. The zero-order valence-corrected chi connectivity index (χ0v) is 11.1. The monoisotopic (exact) mass is 285 g/mol. The Balaban J connectivity index is 1.85. The molecule has 3 aromatic rings. The molecule has 8 heteroatoms. The minimum atomic E-state index is -0.648. The molecule has 0 aromatic carbocycles. The summed E-state index contributed by atoms with van der Waals surface area (Å²) in [5, 5.41) is 14.4. The summed E-state index contributed by atoms with van der Waals surface area (Å²) >= 11 is 0. The Labute approximate surface area is 119 Å². The van der Waals surface area contributed by atoms with Crippen molar-refractivity contribution in [3.8, 4) is 22.8 Å². The number of nitrogens with zero attached hydrogens (tertiary/aromatic N) is 4. The molecule has 3 heterocycles. The van der Waals surface area contributed by atoms with Gasteiger partial charge in [0.2, 0.25) is 0 Å². The molecule has 106 valence electrons. The van der Waals surface area contributed by atoms with E-state index < -0.39 is 5.97 Å². The van der Waals surface area contributed by atoms with Gasteiger partial charge in [0.25, 0.3) is 5.89 Å². The lowest BCUT2D eigenvalue weighted by Gasteiger charge is -1.94. The van der Waals surface area contributed by atoms with Gasteiger partial charge < -0.3 is 9.15 Å². The third kappa shape index (κ3) is 2.64. The lowest BCUT2D eigenvalue weighted by Crippen LogP contribution is -2.04. The van der Waals surface area contributed by atoms with Crippen LogP contribution in [-0.4, -0.2) is 38.0 Å². The van der Waals surface area contributed by atoms with Crippen molar-refractivity contribution >= 4 is 5.97 Å². The van der Waals surface area contributed by atoms with E-state index in [1.165, 1.54) is 0 Å². The van der Waals surface area contributed by atoms with Gasteiger partial charge in [-0.25, -0.2) is 4.79 Å². The Morgan fingerprint density at radius 1 is 1.33 bits per heavy atom. The van der Waals surface area contributed by atoms with E-state index in [0.29, 0.717) is 11.4 Å². The van der Waals surface area contributed by atoms with E-state index in [4.69, 9.17) is 9.15 Å². The Kier molecular flexibility index (Phi) is 3.42. The van der Waals surface area contributed by atoms with Crippen molar-refractivity contribution in [2.75, 3.05) is 6.61 Å². The Bertz CT molecular complexity index is 750. The fourth-order valence-corrected chi connectivity index (χ4v) is 1.71. The number of aromatic nitrogens is 5. The smallest absolute Gasteiger partial charge is 0.396 e. The van der Waals surface area contributed by atoms with Crippen molar-refractivity contribution in [3.63, 3.8) is 0 Å². The predicted octanol–water partition coefficient (Wildman–Crippen LogP) is 1.70. The van der Waals surface area contributed by atoms with Gasteiger partial charge in [-0.2, -0.15) is 5.10 Å². The zero-order valence-electron chi connectivity index (χ0n) is 11.1. The highest BCUT2D eigenvalue weighted by Crippen LogP contribution is 2.22. The molecule has 3 rings (SSSR count). The van der Waals surface area contributed by atoms with E-state index in [1.807, 2.05) is 12.1 Å². The Hall–Kier alpha value is -3.03. The molecule has 8 nitrogen and oxygen atoms in total. The fourth-order valence-electron chi connectivity index (χ4n) is 1.71. The van der Waals surface area contributed by atoms with Crippen LogP contribution in [0, 0.1) is 0 Å². The SMILES string of the molecule is CCOC(=O)c1nnc(-c2cc(-c3ccncc3)n[nH]2)o1. The van der Waals surface area contributed by atoms with Crippen molar-refractivity contribution in [2.45, 2.75) is 6.92 Å². The lowest BCUT2D eigenvalue weighted by atomic mass is 10.2. The summed E-state index contributed by atoms with van der Waals surface area (Å²) in [4.78, 5) is 15.4. The molecule has 0 aliphatic heterocycles. The van der Waals surface area contributed by atoms with E-state index in [0.717, 1.165) is 5.56 Å². The Morgan fingerprint density at radius 3 is 2.90 bits per heavy atom. The molecule has 0 amide bonds. The number of rotatable bonds is 4. The fraction of sp³-hybridized carbons (Fsp3) is 0.154. The van der Waals surface area contributed by atoms with Crippen LogP contribution in [0.4, 0.5) is 0 Å². The molecule has 1 N–H and O–H groups in total. The summed E-state index contributed by atoms with van der Waals surface area (Å²) in [7, 11) is 0. The van der Waals surface area contributed by atoms with Crippen LogP contribution < -0.4 is 0 Å². The van der Waals surface area contributed by atoms with Gasteiger partial charge in [-0.05, 0) is 25.1 Å². The molecule has 0 saturated carbocycles. The highest BCUT2D eigenvalue weighted by molar-refractivity contribution is 5.84. The van der Waals surface area contributed by atoms with Gasteiger partial charge in [-0.15, -0.1) is 10.2 Å². The maximum Gasteiger partial charge on any atom is 0.396 e. The molecule has 0 atom stereocenters. The van der Waals surface area contributed by atoms with Gasteiger partial charge in [-0.3, -0.25) is 10.1 Å². The molecular formula is C13H11N5O3. The van der Waals surface area contributed by atoms with Crippen molar-refractivity contribution in [2.24, 2.45) is 0 Å². The topological polar surface area (TPSA) is 107 Å². The number of pyridine rings is 1. The number of carbonyl (C=O) groups excluding carboxylic acids is 1. The van der Waals surface area contributed by atoms with E-state index in [1.54, 1.807) is 25.4 Å². The zero-order chi connectivity index (χ0) is 14.7. The highest BCUT2D eigenvalue weighted by atomic mass is 16.5. The van der Waals surface area contributed by atoms with Gasteiger partial charge in [0, 0.05) is 18.0 Å². The van der Waals surface area contributed by atoms with E-state index in [9.17, 15) is 4.79 Å². The third-order valence-corrected chi connectivity index (χ3v) is 2.66. The number of hydrogen-bond donors (Lipinski definition) is 1. The van der Waals surface area contributed by atoms with Crippen LogP contribution in [-0.2, 0) is 4.74 Å². The quantitative estimate of drug-likeness (QED) is 0.727. The minimum Gasteiger partial charge on any atom is -0.459 e. The number of H-pyrrole nitrogens is 1. The highest BCUT2D eigenvalue weighted by Gasteiger charge is 2.18. The van der Waals surface area contributed by atoms with Gasteiger partial charge in [0.15, 0.2) is 0 Å². The molecular weight excluding hydrogens is 274 g/mol. The molecule has 0 fully saturated rings. The molecule has 0 unspecified atom stereocenters. The van der Waals surface area contributed by atoms with Crippen molar-refractivity contribution in [3.05, 3.63) is 36.5 Å². The van der Waals surface area contributed by atoms with Crippen LogP contribution >= 0.6 is 0 Å². The van der Waals surface area contributed by atoms with E-state index in [2.05, 4.69) is 25.4 Å². The molecule has 0 aliphatic rings. The minimum absolute atomic E-state index is 0.172. The number of hydrogen-bond acceptors (Lipinski definition) is 7. The largest absolute Gasteiger partial charge is 0.459 e. The second kappa shape index (κ2) is 5.53. The number of aromatic amines is 1. The maximum absolute atomic E-state index is 11.5. The lowest BCUT2D eigenvalue weighted by molar-refractivity contribution is 0.0481. The van der Waals surface area contributed by atoms with Gasteiger partial charge in [-0.1, -0.05) is 0 Å². The van der Waals surface area contributed by atoms with Gasteiger partial charge in [0.1, 0.15) is 5.69 Å². The molecule has 3 aromatic heterocycles. The summed E-state index contributed by atoms with van der Waals surface area (Å²) in [6.07, 6.45) is 3.35. The third-order valence-electron chi connectivity index (χ3n) is 2.66. The summed E-state index contributed by atoms with van der Waals surface area (Å²) in [6.45, 7) is 1.94. The van der Waals surface area contributed by atoms with E-state index >= 15 is 0 Å². The van der Waals surface area contributed by atoms with Crippen molar-refractivity contribution < 1.29 is 13.9 Å². The van der Waals surface area contributed by atoms with Crippen LogP contribution in [0.15, 0.2) is 35.0 Å². The first-order valence-electron chi connectivity index (χ1n) is 6.24. The number of esters is 1. The van der Waals surface area contributed by atoms with Crippen LogP contribution in [0.1, 0.15) is 17.6 Å². The van der Waals surface area contributed by atoms with E-state index in [-0.39, 0.29) is 18.4 Å². The van der Waals surface area contributed by atoms with Crippen LogP contribution in [0.2, 0.25) is 0 Å². The number of nitrogens with one attached hydrogen (secondary N) is 1. The molecule has 0 spiro atoms. The summed E-state index contributed by atoms with van der Waals surface area (Å²) < 4.78 is 10.0. The van der Waals surface area contributed by atoms with Crippen molar-refractivity contribution in [1.82, 2.24) is 25.4 Å². The number of ether oxygens (including phenoxy) is 1. The molecule has 0 aliphatic carbocycles. The molecule has 21 heavy (non-hydrogen) atoms. The number of carbonyl (C=O) groups is 1. The van der Waals surface area contributed by atoms with Crippen LogP contribution in [0.5, 0.6) is 0 Å². The summed E-state index contributed by atoms with van der Waals surface area (Å²) in [6, 6.07) is 5.41.